The van der Waals surface area contributed by atoms with Crippen molar-refractivity contribution in [1.82, 2.24) is 10.2 Å². The Hall–Kier alpha value is -0.610. The Bertz CT molecular complexity index is 342. The Labute approximate surface area is 129 Å². The Balaban J connectivity index is 1.91. The summed E-state index contributed by atoms with van der Waals surface area (Å²) in [5.74, 6) is -0.354. The van der Waals surface area contributed by atoms with E-state index in [0.29, 0.717) is 0 Å². The second-order valence-corrected chi connectivity index (χ2v) is 7.00. The molecule has 0 bridgehead atoms. The fraction of sp³-hybridized carbons (Fsp3) is 0.941. The van der Waals surface area contributed by atoms with E-state index in [0.717, 1.165) is 51.2 Å². The number of nitrogens with one attached hydrogen (secondary N) is 1. The number of carboxylic acid groups (broad SMARTS) is 1. The predicted octanol–water partition coefficient (Wildman–Crippen LogP) is 2.87. The van der Waals surface area contributed by atoms with Crippen LogP contribution < -0.4 is 5.32 Å². The molecule has 2 N–H and O–H groups in total. The zero-order valence-electron chi connectivity index (χ0n) is 13.7. The SMILES string of the molecule is CCCNC1(C(=O)O)CCCC1CCN(C)C1CCCC1. The molecule has 2 fully saturated rings. The highest BCUT2D eigenvalue weighted by Crippen LogP contribution is 2.38. The largest absolute Gasteiger partial charge is 0.480 e. The van der Waals surface area contributed by atoms with Gasteiger partial charge in [-0.2, -0.15) is 0 Å². The monoisotopic (exact) mass is 296 g/mol. The van der Waals surface area contributed by atoms with Gasteiger partial charge in [-0.25, -0.2) is 0 Å². The third kappa shape index (κ3) is 3.78. The average Bonchev–Trinajstić information content (AvgIpc) is 3.12. The van der Waals surface area contributed by atoms with Crippen LogP contribution in [0, 0.1) is 5.92 Å². The molecule has 4 heteroatoms. The van der Waals surface area contributed by atoms with Gasteiger partial charge in [0.2, 0.25) is 0 Å². The molecule has 2 saturated carbocycles. The molecule has 2 rings (SSSR count). The number of hydrogen-bond acceptors (Lipinski definition) is 3. The van der Waals surface area contributed by atoms with Crippen molar-refractivity contribution in [2.24, 2.45) is 5.92 Å². The smallest absolute Gasteiger partial charge is 0.324 e. The van der Waals surface area contributed by atoms with Crippen LogP contribution in [-0.4, -0.2) is 47.7 Å². The second kappa shape index (κ2) is 7.59. The van der Waals surface area contributed by atoms with Crippen molar-refractivity contribution in [1.29, 1.82) is 0 Å². The van der Waals surface area contributed by atoms with Crippen LogP contribution in [0.1, 0.15) is 64.7 Å². The van der Waals surface area contributed by atoms with Gasteiger partial charge in [-0.3, -0.25) is 4.79 Å². The van der Waals surface area contributed by atoms with E-state index in [-0.39, 0.29) is 5.92 Å². The van der Waals surface area contributed by atoms with Crippen LogP contribution in [0.3, 0.4) is 0 Å². The second-order valence-electron chi connectivity index (χ2n) is 7.00. The van der Waals surface area contributed by atoms with Crippen LogP contribution in [-0.2, 0) is 4.79 Å². The highest BCUT2D eigenvalue weighted by molar-refractivity contribution is 5.79. The summed E-state index contributed by atoms with van der Waals surface area (Å²) in [5.41, 5.74) is -0.660. The van der Waals surface area contributed by atoms with E-state index in [4.69, 9.17) is 0 Å². The number of carboxylic acids is 1. The van der Waals surface area contributed by atoms with Crippen LogP contribution in [0.25, 0.3) is 0 Å². The van der Waals surface area contributed by atoms with Crippen molar-refractivity contribution in [3.63, 3.8) is 0 Å². The summed E-state index contributed by atoms with van der Waals surface area (Å²) in [5, 5.41) is 13.1. The van der Waals surface area contributed by atoms with E-state index in [9.17, 15) is 9.90 Å². The topological polar surface area (TPSA) is 52.6 Å². The van der Waals surface area contributed by atoms with E-state index in [2.05, 4.69) is 24.2 Å². The third-order valence-electron chi connectivity index (χ3n) is 5.67. The molecule has 0 aliphatic heterocycles. The Morgan fingerprint density at radius 2 is 2.00 bits per heavy atom. The first-order valence-electron chi connectivity index (χ1n) is 8.79. The average molecular weight is 296 g/mol. The third-order valence-corrected chi connectivity index (χ3v) is 5.67. The Morgan fingerprint density at radius 3 is 2.62 bits per heavy atom. The lowest BCUT2D eigenvalue weighted by molar-refractivity contribution is -0.146. The lowest BCUT2D eigenvalue weighted by atomic mass is 9.84. The Kier molecular flexibility index (Phi) is 6.06. The van der Waals surface area contributed by atoms with Gasteiger partial charge in [-0.05, 0) is 64.6 Å². The summed E-state index contributed by atoms with van der Waals surface area (Å²) in [7, 11) is 2.22. The quantitative estimate of drug-likeness (QED) is 0.723. The maximum Gasteiger partial charge on any atom is 0.324 e. The van der Waals surface area contributed by atoms with Gasteiger partial charge in [-0.1, -0.05) is 26.2 Å². The first-order chi connectivity index (χ1) is 10.1. The molecule has 0 radical (unpaired) electrons. The van der Waals surface area contributed by atoms with Crippen molar-refractivity contribution in [2.45, 2.75) is 76.3 Å². The van der Waals surface area contributed by atoms with E-state index >= 15 is 0 Å². The molecule has 0 amide bonds. The zero-order valence-corrected chi connectivity index (χ0v) is 13.7. The first kappa shape index (κ1) is 16.8. The van der Waals surface area contributed by atoms with Crippen molar-refractivity contribution < 1.29 is 9.90 Å². The first-order valence-corrected chi connectivity index (χ1v) is 8.79. The van der Waals surface area contributed by atoms with Crippen molar-refractivity contribution in [3.05, 3.63) is 0 Å². The standard InChI is InChI=1S/C17H32N2O2/c1-3-12-18-17(16(20)21)11-6-7-14(17)10-13-19(2)15-8-4-5-9-15/h14-15,18H,3-13H2,1-2H3,(H,20,21). The molecule has 0 aromatic heterocycles. The van der Waals surface area contributed by atoms with E-state index in [1.807, 2.05) is 0 Å². The van der Waals surface area contributed by atoms with Gasteiger partial charge >= 0.3 is 5.97 Å². The number of carbonyl (C=O) groups is 1. The molecule has 0 saturated heterocycles. The van der Waals surface area contributed by atoms with Gasteiger partial charge in [0.05, 0.1) is 0 Å². The summed E-state index contributed by atoms with van der Waals surface area (Å²) < 4.78 is 0. The van der Waals surface area contributed by atoms with Crippen LogP contribution in [0.15, 0.2) is 0 Å². The number of aliphatic carboxylic acids is 1. The zero-order chi connectivity index (χ0) is 15.3. The predicted molar refractivity (Wildman–Crippen MR) is 85.5 cm³/mol. The van der Waals surface area contributed by atoms with E-state index < -0.39 is 11.5 Å². The molecule has 0 aromatic rings. The molecule has 2 atom stereocenters. The summed E-state index contributed by atoms with van der Waals surface area (Å²) in [6.45, 7) is 3.94. The van der Waals surface area contributed by atoms with Crippen molar-refractivity contribution in [3.8, 4) is 0 Å². The molecule has 0 spiro atoms. The molecule has 0 heterocycles. The van der Waals surface area contributed by atoms with Gasteiger partial charge in [0, 0.05) is 6.04 Å². The molecule has 2 unspecified atom stereocenters. The van der Waals surface area contributed by atoms with Gasteiger partial charge in [0.15, 0.2) is 0 Å². The lowest BCUT2D eigenvalue weighted by Crippen LogP contribution is -2.55. The van der Waals surface area contributed by atoms with Gasteiger partial charge in [0.1, 0.15) is 5.54 Å². The molecule has 2 aliphatic rings. The molecule has 4 nitrogen and oxygen atoms in total. The number of hydrogen-bond donors (Lipinski definition) is 2. The minimum absolute atomic E-state index is 0.283. The highest BCUT2D eigenvalue weighted by atomic mass is 16.4. The molecular weight excluding hydrogens is 264 g/mol. The van der Waals surface area contributed by atoms with Gasteiger partial charge in [-0.15, -0.1) is 0 Å². The summed E-state index contributed by atoms with van der Waals surface area (Å²) >= 11 is 0. The minimum Gasteiger partial charge on any atom is -0.480 e. The molecule has 2 aliphatic carbocycles. The fourth-order valence-corrected chi connectivity index (χ4v) is 4.29. The summed E-state index contributed by atoms with van der Waals surface area (Å²) in [6.07, 6.45) is 10.2. The van der Waals surface area contributed by atoms with Crippen molar-refractivity contribution >= 4 is 5.97 Å². The van der Waals surface area contributed by atoms with Crippen LogP contribution in [0.2, 0.25) is 0 Å². The fourth-order valence-electron chi connectivity index (χ4n) is 4.29. The number of rotatable bonds is 8. The van der Waals surface area contributed by atoms with Crippen LogP contribution >= 0.6 is 0 Å². The van der Waals surface area contributed by atoms with Crippen LogP contribution in [0.4, 0.5) is 0 Å². The molecule has 122 valence electrons. The van der Waals surface area contributed by atoms with Gasteiger partial charge in [0.25, 0.3) is 0 Å². The molecule has 0 aromatic carbocycles. The summed E-state index contributed by atoms with van der Waals surface area (Å²) in [4.78, 5) is 14.3. The van der Waals surface area contributed by atoms with Crippen LogP contribution in [0.5, 0.6) is 0 Å². The summed E-state index contributed by atoms with van der Waals surface area (Å²) in [6, 6.07) is 0.731. The van der Waals surface area contributed by atoms with Crippen molar-refractivity contribution in [2.75, 3.05) is 20.1 Å². The van der Waals surface area contributed by atoms with E-state index in [1.165, 1.54) is 25.7 Å². The molecule has 21 heavy (non-hydrogen) atoms. The van der Waals surface area contributed by atoms with Gasteiger partial charge < -0.3 is 15.3 Å². The maximum atomic E-state index is 11.9. The minimum atomic E-state index is -0.660. The number of nitrogens with zero attached hydrogens (tertiary/aromatic N) is 1. The molecular formula is C17H32N2O2. The lowest BCUT2D eigenvalue weighted by Gasteiger charge is -2.34. The maximum absolute atomic E-state index is 11.9. The highest BCUT2D eigenvalue weighted by Gasteiger charge is 2.48. The van der Waals surface area contributed by atoms with E-state index in [1.54, 1.807) is 0 Å². The normalized spacial score (nSPS) is 30.3. The Morgan fingerprint density at radius 1 is 1.29 bits per heavy atom.